The van der Waals surface area contributed by atoms with E-state index in [0.717, 1.165) is 11.1 Å². The fraction of sp³-hybridized carbons (Fsp3) is 0.304. The lowest BCUT2D eigenvalue weighted by Crippen LogP contribution is -2.33. The van der Waals surface area contributed by atoms with Crippen LogP contribution in [0.2, 0.25) is 0 Å². The molecular formula is C23H24Cl3N3O3. The highest BCUT2D eigenvalue weighted by Gasteiger charge is 2.32. The number of rotatable bonds is 6. The zero-order valence-corrected chi connectivity index (χ0v) is 20.3. The van der Waals surface area contributed by atoms with Crippen LogP contribution in [0.15, 0.2) is 48.7 Å². The van der Waals surface area contributed by atoms with Gasteiger partial charge < -0.3 is 19.5 Å². The van der Waals surface area contributed by atoms with E-state index in [9.17, 15) is 9.59 Å². The van der Waals surface area contributed by atoms with Crippen LogP contribution in [0.1, 0.15) is 25.0 Å². The van der Waals surface area contributed by atoms with Crippen molar-refractivity contribution in [3.05, 3.63) is 59.8 Å². The largest absolute Gasteiger partial charge is 0.415 e. The van der Waals surface area contributed by atoms with Gasteiger partial charge in [-0.1, -0.05) is 64.6 Å². The number of carbonyl (C=O) groups excluding carboxylic acids is 2. The number of fused-ring (bicyclic) bond motifs is 1. The Morgan fingerprint density at radius 1 is 1.03 bits per heavy atom. The Hall–Kier alpha value is -2.41. The lowest BCUT2D eigenvalue weighted by molar-refractivity contribution is -0.115. The van der Waals surface area contributed by atoms with Gasteiger partial charge in [0, 0.05) is 31.2 Å². The van der Waals surface area contributed by atoms with Crippen LogP contribution in [0.25, 0.3) is 10.9 Å². The molecule has 1 heterocycles. The molecule has 6 nitrogen and oxygen atoms in total. The predicted molar refractivity (Wildman–Crippen MR) is 130 cm³/mol. The number of anilines is 1. The minimum absolute atomic E-state index is 0.171. The van der Waals surface area contributed by atoms with E-state index in [2.05, 4.69) is 29.6 Å². The van der Waals surface area contributed by atoms with Crippen LogP contribution in [0, 0.1) is 6.92 Å². The van der Waals surface area contributed by atoms with Crippen LogP contribution in [-0.4, -0.2) is 38.3 Å². The summed E-state index contributed by atoms with van der Waals surface area (Å²) in [6.45, 7) is 7.34. The van der Waals surface area contributed by atoms with Crippen molar-refractivity contribution in [2.75, 3.05) is 18.4 Å². The van der Waals surface area contributed by atoms with Crippen molar-refractivity contribution < 1.29 is 14.3 Å². The Morgan fingerprint density at radius 2 is 1.69 bits per heavy atom. The molecule has 0 aliphatic carbocycles. The average molecular weight is 497 g/mol. The number of amides is 2. The van der Waals surface area contributed by atoms with Crippen LogP contribution < -0.4 is 10.1 Å². The van der Waals surface area contributed by atoms with E-state index in [-0.39, 0.29) is 11.4 Å². The number of ether oxygens (including phenoxy) is 1. The van der Waals surface area contributed by atoms with Gasteiger partial charge in [0.15, 0.2) is 5.75 Å². The zero-order valence-electron chi connectivity index (χ0n) is 18.0. The van der Waals surface area contributed by atoms with Gasteiger partial charge in [0.05, 0.1) is 11.2 Å². The van der Waals surface area contributed by atoms with Crippen molar-refractivity contribution in [1.29, 1.82) is 0 Å². The van der Waals surface area contributed by atoms with E-state index >= 15 is 0 Å². The predicted octanol–water partition coefficient (Wildman–Crippen LogP) is 6.15. The quantitative estimate of drug-likeness (QED) is 0.416. The summed E-state index contributed by atoms with van der Waals surface area (Å²) in [6.07, 6.45) is 1.36. The Bertz CT molecular complexity index is 1120. The standard InChI is InChI=1S/C23H24Cl3N3O3/c1-4-28(5-2)22(31)32-19-11-10-18-17(20(19)27-21(30)23(24,25)26)12-13-29(18)14-16-8-6-15(3)7-9-16/h6-13H,4-5,14H2,1-3H3,(H,27,30). The third-order valence-corrected chi connectivity index (χ3v) is 5.62. The maximum Gasteiger partial charge on any atom is 0.415 e. The lowest BCUT2D eigenvalue weighted by Gasteiger charge is -2.20. The van der Waals surface area contributed by atoms with E-state index in [1.54, 1.807) is 6.07 Å². The molecule has 3 rings (SSSR count). The molecule has 0 saturated carbocycles. The highest BCUT2D eigenvalue weighted by Crippen LogP contribution is 2.37. The van der Waals surface area contributed by atoms with Crippen molar-refractivity contribution in [3.8, 4) is 5.75 Å². The van der Waals surface area contributed by atoms with Crippen LogP contribution in [0.4, 0.5) is 10.5 Å². The highest BCUT2D eigenvalue weighted by molar-refractivity contribution is 6.76. The fourth-order valence-electron chi connectivity index (χ4n) is 3.32. The highest BCUT2D eigenvalue weighted by atomic mass is 35.6. The molecule has 170 valence electrons. The first-order chi connectivity index (χ1) is 15.1. The molecule has 0 unspecified atom stereocenters. The summed E-state index contributed by atoms with van der Waals surface area (Å²) >= 11 is 17.3. The molecule has 0 aliphatic heterocycles. The molecule has 2 amide bonds. The third-order valence-electron chi connectivity index (χ3n) is 5.10. The van der Waals surface area contributed by atoms with Gasteiger partial charge in [-0.05, 0) is 44.5 Å². The van der Waals surface area contributed by atoms with Gasteiger partial charge in [0.2, 0.25) is 0 Å². The van der Waals surface area contributed by atoms with E-state index in [4.69, 9.17) is 39.5 Å². The molecule has 0 bridgehead atoms. The number of nitrogens with zero attached hydrogens (tertiary/aromatic N) is 2. The van der Waals surface area contributed by atoms with E-state index < -0.39 is 15.8 Å². The first-order valence-electron chi connectivity index (χ1n) is 10.2. The summed E-state index contributed by atoms with van der Waals surface area (Å²) in [6, 6.07) is 13.5. The molecule has 0 aliphatic rings. The Labute approximate surface area is 202 Å². The minimum Gasteiger partial charge on any atom is -0.408 e. The van der Waals surface area contributed by atoms with E-state index in [1.165, 1.54) is 10.5 Å². The molecule has 0 fully saturated rings. The van der Waals surface area contributed by atoms with Crippen molar-refractivity contribution in [2.24, 2.45) is 0 Å². The van der Waals surface area contributed by atoms with Gasteiger partial charge in [-0.2, -0.15) is 0 Å². The van der Waals surface area contributed by atoms with Gasteiger partial charge in [-0.15, -0.1) is 0 Å². The average Bonchev–Trinajstić information content (AvgIpc) is 3.14. The van der Waals surface area contributed by atoms with Crippen LogP contribution in [-0.2, 0) is 11.3 Å². The second kappa shape index (κ2) is 10.0. The molecule has 0 atom stereocenters. The number of halogens is 3. The van der Waals surface area contributed by atoms with Crippen molar-refractivity contribution in [2.45, 2.75) is 31.1 Å². The second-order valence-corrected chi connectivity index (χ2v) is 9.57. The summed E-state index contributed by atoms with van der Waals surface area (Å²) in [5.41, 5.74) is 3.40. The van der Waals surface area contributed by atoms with Gasteiger partial charge in [0.25, 0.3) is 9.70 Å². The zero-order chi connectivity index (χ0) is 23.5. The van der Waals surface area contributed by atoms with Crippen molar-refractivity contribution in [3.63, 3.8) is 0 Å². The van der Waals surface area contributed by atoms with Gasteiger partial charge in [-0.3, -0.25) is 4.79 Å². The summed E-state index contributed by atoms with van der Waals surface area (Å²) < 4.78 is 5.44. The summed E-state index contributed by atoms with van der Waals surface area (Å²) in [5, 5.41) is 3.27. The number of hydrogen-bond acceptors (Lipinski definition) is 3. The summed E-state index contributed by atoms with van der Waals surface area (Å²) in [4.78, 5) is 26.5. The molecule has 32 heavy (non-hydrogen) atoms. The molecule has 1 aromatic heterocycles. The molecule has 0 radical (unpaired) electrons. The first kappa shape index (κ1) is 24.2. The molecule has 2 aromatic carbocycles. The van der Waals surface area contributed by atoms with Crippen LogP contribution in [0.3, 0.4) is 0 Å². The molecular weight excluding hydrogens is 473 g/mol. The fourth-order valence-corrected chi connectivity index (χ4v) is 3.46. The molecule has 3 aromatic rings. The lowest BCUT2D eigenvalue weighted by atomic mass is 10.1. The Kier molecular flexibility index (Phi) is 7.59. The molecule has 0 saturated heterocycles. The number of alkyl halides is 3. The number of carbonyl (C=O) groups is 2. The minimum atomic E-state index is -2.17. The second-order valence-electron chi connectivity index (χ2n) is 7.29. The molecule has 9 heteroatoms. The van der Waals surface area contributed by atoms with Gasteiger partial charge in [0.1, 0.15) is 0 Å². The normalized spacial score (nSPS) is 11.4. The first-order valence-corrected chi connectivity index (χ1v) is 11.3. The molecule has 1 N–H and O–H groups in total. The van der Waals surface area contributed by atoms with E-state index in [1.807, 2.05) is 43.7 Å². The number of benzene rings is 2. The maximum absolute atomic E-state index is 12.5. The smallest absolute Gasteiger partial charge is 0.408 e. The monoisotopic (exact) mass is 495 g/mol. The third kappa shape index (κ3) is 5.49. The topological polar surface area (TPSA) is 63.6 Å². The van der Waals surface area contributed by atoms with Crippen LogP contribution >= 0.6 is 34.8 Å². The molecule has 0 spiro atoms. The van der Waals surface area contributed by atoms with Gasteiger partial charge in [-0.25, -0.2) is 4.79 Å². The number of hydrogen-bond donors (Lipinski definition) is 1. The number of nitrogens with one attached hydrogen (secondary N) is 1. The summed E-state index contributed by atoms with van der Waals surface area (Å²) in [7, 11) is 0. The Morgan fingerprint density at radius 3 is 2.28 bits per heavy atom. The van der Waals surface area contributed by atoms with Crippen LogP contribution in [0.5, 0.6) is 5.75 Å². The SMILES string of the molecule is CCN(CC)C(=O)Oc1ccc2c(ccn2Cc2ccc(C)cc2)c1NC(=O)C(Cl)(Cl)Cl. The number of aryl methyl sites for hydroxylation is 1. The Balaban J connectivity index is 2.02. The maximum atomic E-state index is 12.5. The summed E-state index contributed by atoms with van der Waals surface area (Å²) in [5.74, 6) is -0.675. The van der Waals surface area contributed by atoms with E-state index in [0.29, 0.717) is 25.0 Å². The van der Waals surface area contributed by atoms with Gasteiger partial charge >= 0.3 is 6.09 Å². The van der Waals surface area contributed by atoms with Crippen molar-refractivity contribution in [1.82, 2.24) is 9.47 Å². The van der Waals surface area contributed by atoms with Crippen molar-refractivity contribution >= 4 is 63.4 Å². The number of aromatic nitrogens is 1.